The van der Waals surface area contributed by atoms with Gasteiger partial charge in [0.15, 0.2) is 0 Å². The van der Waals surface area contributed by atoms with Crippen LogP contribution in [0, 0.1) is 0 Å². The lowest BCUT2D eigenvalue weighted by Crippen LogP contribution is -2.43. The quantitative estimate of drug-likeness (QED) is 0.712. The average Bonchev–Trinajstić information content (AvgIpc) is 3.09. The number of benzene rings is 2. The number of amides is 1. The fourth-order valence-corrected chi connectivity index (χ4v) is 3.51. The van der Waals surface area contributed by atoms with E-state index in [0.29, 0.717) is 5.69 Å². The predicted octanol–water partition coefficient (Wildman–Crippen LogP) is 4.30. The Balaban J connectivity index is 1.88. The lowest BCUT2D eigenvalue weighted by atomic mass is 10.0. The molecule has 0 saturated heterocycles. The van der Waals surface area contributed by atoms with Gasteiger partial charge in [-0.2, -0.15) is 0 Å². The first-order chi connectivity index (χ1) is 12.4. The molecule has 5 nitrogen and oxygen atoms in total. The minimum atomic E-state index is -0.836. The highest BCUT2D eigenvalue weighted by molar-refractivity contribution is 5.89. The molecule has 0 bridgehead atoms. The Morgan fingerprint density at radius 1 is 1.04 bits per heavy atom. The van der Waals surface area contributed by atoms with Gasteiger partial charge in [0, 0.05) is 5.39 Å². The molecule has 0 fully saturated rings. The number of carbonyl (C=O) groups excluding carboxylic acids is 1. The zero-order valence-corrected chi connectivity index (χ0v) is 15.1. The van der Waals surface area contributed by atoms with Crippen LogP contribution in [-0.2, 0) is 4.74 Å². The highest BCUT2D eigenvalue weighted by Gasteiger charge is 2.44. The Morgan fingerprint density at radius 2 is 1.69 bits per heavy atom. The van der Waals surface area contributed by atoms with Gasteiger partial charge in [-0.15, -0.1) is 0 Å². The molecule has 3 aromatic rings. The van der Waals surface area contributed by atoms with E-state index in [9.17, 15) is 9.90 Å². The monoisotopic (exact) mass is 350 g/mol. The third-order valence-corrected chi connectivity index (χ3v) is 4.52. The lowest BCUT2D eigenvalue weighted by Gasteiger charge is -2.30. The van der Waals surface area contributed by atoms with Crippen molar-refractivity contribution in [1.82, 2.24) is 4.68 Å². The molecule has 5 heteroatoms. The maximum Gasteiger partial charge on any atom is 0.430 e. The van der Waals surface area contributed by atoms with Gasteiger partial charge in [-0.3, -0.25) is 0 Å². The number of hydrogen-bond donors (Lipinski definition) is 1. The van der Waals surface area contributed by atoms with Crippen molar-refractivity contribution in [2.24, 2.45) is 0 Å². The molecule has 0 saturated carbocycles. The second-order valence-corrected chi connectivity index (χ2v) is 7.57. The molecule has 0 unspecified atom stereocenters. The normalized spacial score (nSPS) is 19.6. The number of nitrogens with zero attached hydrogens (tertiary/aromatic N) is 2. The van der Waals surface area contributed by atoms with Crippen LogP contribution in [0.3, 0.4) is 0 Å². The summed E-state index contributed by atoms with van der Waals surface area (Å²) in [5, 5.41) is 13.5. The number of aliphatic hydroxyl groups is 1. The van der Waals surface area contributed by atoms with E-state index in [1.54, 1.807) is 4.68 Å². The van der Waals surface area contributed by atoms with Gasteiger partial charge in [0.2, 0.25) is 0 Å². The molecule has 1 amide bonds. The number of hydrogen-bond acceptors (Lipinski definition) is 3. The van der Waals surface area contributed by atoms with Crippen LogP contribution in [-0.4, -0.2) is 21.5 Å². The predicted molar refractivity (Wildman–Crippen MR) is 101 cm³/mol. The molecule has 1 N–H and O–H groups in total. The number of ether oxygens (including phenoxy) is 1. The first-order valence-electron chi connectivity index (χ1n) is 8.73. The van der Waals surface area contributed by atoms with E-state index < -0.39 is 23.8 Å². The number of fused-ring (bicyclic) bond motifs is 3. The fraction of sp³-hybridized carbons (Fsp3) is 0.286. The highest BCUT2D eigenvalue weighted by Crippen LogP contribution is 2.43. The summed E-state index contributed by atoms with van der Waals surface area (Å²) in [5.41, 5.74) is 1.78. The number of carbonyl (C=O) groups is 1. The van der Waals surface area contributed by atoms with Crippen LogP contribution in [0.5, 0.6) is 0 Å². The van der Waals surface area contributed by atoms with Gasteiger partial charge < -0.3 is 9.84 Å². The van der Waals surface area contributed by atoms with Gasteiger partial charge in [0.1, 0.15) is 17.7 Å². The summed E-state index contributed by atoms with van der Waals surface area (Å²) in [7, 11) is 0. The number of aliphatic hydroxyl groups excluding tert-OH is 1. The van der Waals surface area contributed by atoms with Crippen molar-refractivity contribution in [3.63, 3.8) is 0 Å². The average molecular weight is 350 g/mol. The molecular formula is C21H22N2O3. The van der Waals surface area contributed by atoms with Crippen LogP contribution in [0.1, 0.15) is 44.2 Å². The van der Waals surface area contributed by atoms with E-state index in [1.165, 1.54) is 5.01 Å². The van der Waals surface area contributed by atoms with Crippen LogP contribution in [0.4, 0.5) is 4.79 Å². The van der Waals surface area contributed by atoms with Crippen LogP contribution in [0.2, 0.25) is 0 Å². The molecule has 0 radical (unpaired) electrons. The maximum absolute atomic E-state index is 13.1. The Kier molecular flexibility index (Phi) is 3.77. The molecule has 2 aromatic carbocycles. The summed E-state index contributed by atoms with van der Waals surface area (Å²) >= 11 is 0. The van der Waals surface area contributed by atoms with Gasteiger partial charge in [-0.1, -0.05) is 48.5 Å². The van der Waals surface area contributed by atoms with E-state index in [4.69, 9.17) is 4.74 Å². The van der Waals surface area contributed by atoms with Gasteiger partial charge in [0.05, 0.1) is 11.2 Å². The van der Waals surface area contributed by atoms with E-state index in [-0.39, 0.29) is 0 Å². The molecule has 4 rings (SSSR count). The third-order valence-electron chi connectivity index (χ3n) is 4.52. The molecule has 1 aliphatic rings. The van der Waals surface area contributed by atoms with Gasteiger partial charge >= 0.3 is 6.09 Å². The van der Waals surface area contributed by atoms with Crippen LogP contribution < -0.4 is 5.01 Å². The van der Waals surface area contributed by atoms with E-state index >= 15 is 0 Å². The second-order valence-electron chi connectivity index (χ2n) is 7.57. The molecule has 2 heterocycles. The topological polar surface area (TPSA) is 54.7 Å². The third kappa shape index (κ3) is 2.65. The molecule has 0 aliphatic carbocycles. The van der Waals surface area contributed by atoms with Gasteiger partial charge in [-0.05, 0) is 38.5 Å². The van der Waals surface area contributed by atoms with Crippen molar-refractivity contribution >= 4 is 17.0 Å². The first kappa shape index (κ1) is 16.7. The van der Waals surface area contributed by atoms with Crippen LogP contribution in [0.25, 0.3) is 10.9 Å². The second kappa shape index (κ2) is 5.88. The molecule has 134 valence electrons. The van der Waals surface area contributed by atoms with Gasteiger partial charge in [-0.25, -0.2) is 14.5 Å². The minimum absolute atomic E-state index is 0.481. The minimum Gasteiger partial charge on any atom is -0.442 e. The fourth-order valence-electron chi connectivity index (χ4n) is 3.51. The molecule has 1 aromatic heterocycles. The Bertz CT molecular complexity index is 956. The highest BCUT2D eigenvalue weighted by atomic mass is 16.6. The van der Waals surface area contributed by atoms with Crippen LogP contribution >= 0.6 is 0 Å². The zero-order valence-electron chi connectivity index (χ0n) is 15.1. The summed E-state index contributed by atoms with van der Waals surface area (Å²) in [6.07, 6.45) is -1.32. The van der Waals surface area contributed by atoms with Crippen molar-refractivity contribution < 1.29 is 14.6 Å². The van der Waals surface area contributed by atoms with E-state index in [0.717, 1.165) is 16.5 Å². The Labute approximate surface area is 152 Å². The molecule has 2 atom stereocenters. The number of para-hydroxylation sites is 1. The largest absolute Gasteiger partial charge is 0.442 e. The summed E-state index contributed by atoms with van der Waals surface area (Å²) in [4.78, 5) is 13.1. The summed E-state index contributed by atoms with van der Waals surface area (Å²) in [5.74, 6) is 0. The standard InChI is InChI=1S/C21H22N2O3/c1-21(2,3)26-20(25)23-18(14-9-5-4-6-10-14)19(24)17-13-15-11-7-8-12-16(15)22(17)23/h4-13,18-19,24H,1-3H3/t18-,19+/m1/s1. The SMILES string of the molecule is CC(C)(C)OC(=O)N1[C@H](c2ccccc2)[C@@H](O)c2cc3ccccc3n21. The first-order valence-corrected chi connectivity index (χ1v) is 8.73. The van der Waals surface area contributed by atoms with Crippen molar-refractivity contribution in [3.05, 3.63) is 71.9 Å². The number of aromatic nitrogens is 1. The van der Waals surface area contributed by atoms with Crippen molar-refractivity contribution in [2.45, 2.75) is 38.5 Å². The Hall–Kier alpha value is -2.79. The molecular weight excluding hydrogens is 328 g/mol. The number of rotatable bonds is 1. The maximum atomic E-state index is 13.1. The Morgan fingerprint density at radius 3 is 2.38 bits per heavy atom. The van der Waals surface area contributed by atoms with Crippen molar-refractivity contribution in [1.29, 1.82) is 0 Å². The molecule has 26 heavy (non-hydrogen) atoms. The van der Waals surface area contributed by atoms with E-state index in [1.807, 2.05) is 81.4 Å². The van der Waals surface area contributed by atoms with Crippen LogP contribution in [0.15, 0.2) is 60.7 Å². The molecule has 0 spiro atoms. The van der Waals surface area contributed by atoms with Gasteiger partial charge in [0.25, 0.3) is 0 Å². The lowest BCUT2D eigenvalue weighted by molar-refractivity contribution is 0.0497. The summed E-state index contributed by atoms with van der Waals surface area (Å²) in [6, 6.07) is 18.7. The molecule has 1 aliphatic heterocycles. The van der Waals surface area contributed by atoms with Crippen molar-refractivity contribution in [3.8, 4) is 0 Å². The summed E-state index contributed by atoms with van der Waals surface area (Å²) < 4.78 is 7.44. The van der Waals surface area contributed by atoms with Crippen molar-refractivity contribution in [2.75, 3.05) is 5.01 Å². The smallest absolute Gasteiger partial charge is 0.430 e. The summed E-state index contributed by atoms with van der Waals surface area (Å²) in [6.45, 7) is 5.51. The van der Waals surface area contributed by atoms with E-state index in [2.05, 4.69) is 0 Å². The zero-order chi connectivity index (χ0) is 18.5.